The third-order valence-corrected chi connectivity index (χ3v) is 3.46. The molecule has 0 radical (unpaired) electrons. The van der Waals surface area contributed by atoms with Crippen LogP contribution in [0.3, 0.4) is 0 Å². The molecule has 20 heavy (non-hydrogen) atoms. The van der Waals surface area contributed by atoms with E-state index in [4.69, 9.17) is 9.52 Å². The van der Waals surface area contributed by atoms with Gasteiger partial charge >= 0.3 is 5.97 Å². The Kier molecular flexibility index (Phi) is 3.78. The fourth-order valence-electron chi connectivity index (χ4n) is 2.01. The maximum Gasteiger partial charge on any atom is 0.329 e. The van der Waals surface area contributed by atoms with Crippen LogP contribution >= 0.6 is 0 Å². The first-order valence-electron chi connectivity index (χ1n) is 6.34. The number of nitrogens with one attached hydrogen (secondary N) is 2. The second-order valence-electron chi connectivity index (χ2n) is 4.90. The minimum absolute atomic E-state index is 0.0984. The molecule has 0 aliphatic heterocycles. The van der Waals surface area contributed by atoms with E-state index in [9.17, 15) is 14.4 Å². The molecular formula is C13H16N2O5. The molecule has 1 fully saturated rings. The summed E-state index contributed by atoms with van der Waals surface area (Å²) < 4.78 is 4.91. The lowest BCUT2D eigenvalue weighted by molar-refractivity contribution is -0.152. The zero-order valence-corrected chi connectivity index (χ0v) is 11.0. The van der Waals surface area contributed by atoms with Crippen molar-refractivity contribution in [2.75, 3.05) is 0 Å². The van der Waals surface area contributed by atoms with Crippen molar-refractivity contribution in [2.24, 2.45) is 0 Å². The Labute approximate surface area is 115 Å². The quantitative estimate of drug-likeness (QED) is 0.728. The van der Waals surface area contributed by atoms with Crippen molar-refractivity contribution in [2.45, 2.75) is 37.8 Å². The molecule has 2 amide bonds. The number of carbonyl (C=O) groups is 3. The number of carbonyl (C=O) groups excluding carboxylic acids is 2. The lowest BCUT2D eigenvalue weighted by Gasteiger charge is -2.38. The van der Waals surface area contributed by atoms with Crippen LogP contribution in [-0.2, 0) is 9.59 Å². The van der Waals surface area contributed by atoms with Gasteiger partial charge in [0.1, 0.15) is 11.6 Å². The number of amides is 2. The first kappa shape index (κ1) is 14.1. The van der Waals surface area contributed by atoms with Crippen molar-refractivity contribution in [1.82, 2.24) is 10.6 Å². The van der Waals surface area contributed by atoms with Crippen molar-refractivity contribution >= 4 is 17.8 Å². The van der Waals surface area contributed by atoms with Gasteiger partial charge in [0.2, 0.25) is 5.91 Å². The van der Waals surface area contributed by atoms with Gasteiger partial charge in [-0.1, -0.05) is 0 Å². The van der Waals surface area contributed by atoms with Gasteiger partial charge in [0.25, 0.3) is 5.91 Å². The highest BCUT2D eigenvalue weighted by molar-refractivity contribution is 5.96. The maximum absolute atomic E-state index is 11.9. The molecule has 1 atom stereocenters. The predicted octanol–water partition coefficient (Wildman–Crippen LogP) is 0.521. The van der Waals surface area contributed by atoms with Crippen LogP contribution < -0.4 is 10.6 Å². The zero-order valence-electron chi connectivity index (χ0n) is 11.0. The molecule has 3 N–H and O–H groups in total. The Morgan fingerprint density at radius 1 is 1.40 bits per heavy atom. The SMILES string of the molecule is CC(NC(=O)c1ccco1)C(=O)NC1(C(=O)O)CCC1. The molecule has 0 bridgehead atoms. The van der Waals surface area contributed by atoms with Crippen molar-refractivity contribution in [3.63, 3.8) is 0 Å². The summed E-state index contributed by atoms with van der Waals surface area (Å²) in [5.74, 6) is -1.98. The number of furan rings is 1. The van der Waals surface area contributed by atoms with Gasteiger partial charge in [0.05, 0.1) is 6.26 Å². The Morgan fingerprint density at radius 2 is 2.10 bits per heavy atom. The van der Waals surface area contributed by atoms with E-state index in [2.05, 4.69) is 10.6 Å². The Bertz CT molecular complexity index is 519. The molecule has 1 heterocycles. The van der Waals surface area contributed by atoms with Gasteiger partial charge in [0, 0.05) is 0 Å². The number of carboxylic acids is 1. The summed E-state index contributed by atoms with van der Waals surface area (Å²) in [5, 5.41) is 14.1. The number of aliphatic carboxylic acids is 1. The van der Waals surface area contributed by atoms with Crippen LogP contribution in [0.2, 0.25) is 0 Å². The Balaban J connectivity index is 1.92. The van der Waals surface area contributed by atoms with Crippen LogP contribution in [0, 0.1) is 0 Å². The van der Waals surface area contributed by atoms with E-state index < -0.39 is 29.4 Å². The summed E-state index contributed by atoms with van der Waals surface area (Å²) in [6.07, 6.45) is 2.94. The smallest absolute Gasteiger partial charge is 0.329 e. The Hall–Kier alpha value is -2.31. The molecule has 7 heteroatoms. The largest absolute Gasteiger partial charge is 0.480 e. The summed E-state index contributed by atoms with van der Waals surface area (Å²) in [4.78, 5) is 34.8. The van der Waals surface area contributed by atoms with Gasteiger partial charge in [-0.15, -0.1) is 0 Å². The fourth-order valence-corrected chi connectivity index (χ4v) is 2.01. The third kappa shape index (κ3) is 2.66. The molecule has 1 aliphatic carbocycles. The molecule has 7 nitrogen and oxygen atoms in total. The molecule has 1 saturated carbocycles. The van der Waals surface area contributed by atoms with Crippen LogP contribution in [-0.4, -0.2) is 34.5 Å². The minimum atomic E-state index is -1.18. The second kappa shape index (κ2) is 5.36. The number of hydrogen-bond acceptors (Lipinski definition) is 4. The van der Waals surface area contributed by atoms with Gasteiger partial charge in [-0.2, -0.15) is 0 Å². The average Bonchev–Trinajstić information content (AvgIpc) is 2.86. The normalized spacial score (nSPS) is 17.6. The van der Waals surface area contributed by atoms with Gasteiger partial charge in [-0.05, 0) is 38.3 Å². The second-order valence-corrected chi connectivity index (χ2v) is 4.90. The van der Waals surface area contributed by atoms with E-state index in [0.29, 0.717) is 12.8 Å². The standard InChI is InChI=1S/C13H16N2O5/c1-8(14-11(17)9-4-2-7-20-9)10(16)15-13(12(18)19)5-3-6-13/h2,4,7-8H,3,5-6H2,1H3,(H,14,17)(H,15,16)(H,18,19). The third-order valence-electron chi connectivity index (χ3n) is 3.46. The summed E-state index contributed by atoms with van der Waals surface area (Å²) >= 11 is 0. The molecule has 0 saturated heterocycles. The van der Waals surface area contributed by atoms with Crippen LogP contribution in [0.15, 0.2) is 22.8 Å². The van der Waals surface area contributed by atoms with Crippen molar-refractivity contribution < 1.29 is 23.9 Å². The summed E-state index contributed by atoms with van der Waals surface area (Å²) in [6.45, 7) is 1.49. The monoisotopic (exact) mass is 280 g/mol. The summed E-state index contributed by atoms with van der Waals surface area (Å²) in [6, 6.07) is 2.20. The topological polar surface area (TPSA) is 109 Å². The van der Waals surface area contributed by atoms with Gasteiger partial charge < -0.3 is 20.2 Å². The number of rotatable bonds is 5. The van der Waals surface area contributed by atoms with Crippen LogP contribution in [0.1, 0.15) is 36.7 Å². The highest BCUT2D eigenvalue weighted by Gasteiger charge is 2.46. The summed E-state index contributed by atoms with van der Waals surface area (Å²) in [7, 11) is 0. The van der Waals surface area contributed by atoms with E-state index in [1.165, 1.54) is 19.3 Å². The van der Waals surface area contributed by atoms with Crippen molar-refractivity contribution in [1.29, 1.82) is 0 Å². The van der Waals surface area contributed by atoms with E-state index in [1.54, 1.807) is 6.07 Å². The zero-order chi connectivity index (χ0) is 14.8. The van der Waals surface area contributed by atoms with E-state index in [-0.39, 0.29) is 5.76 Å². The molecule has 1 unspecified atom stereocenters. The van der Waals surface area contributed by atoms with E-state index in [0.717, 1.165) is 6.42 Å². The molecule has 108 valence electrons. The van der Waals surface area contributed by atoms with Crippen molar-refractivity contribution in [3.05, 3.63) is 24.2 Å². The molecule has 0 aromatic carbocycles. The van der Waals surface area contributed by atoms with E-state index >= 15 is 0 Å². The average molecular weight is 280 g/mol. The van der Waals surface area contributed by atoms with Gasteiger partial charge in [0.15, 0.2) is 5.76 Å². The Morgan fingerprint density at radius 3 is 2.55 bits per heavy atom. The predicted molar refractivity (Wildman–Crippen MR) is 68.0 cm³/mol. The summed E-state index contributed by atoms with van der Waals surface area (Å²) in [5.41, 5.74) is -1.18. The highest BCUT2D eigenvalue weighted by atomic mass is 16.4. The minimum Gasteiger partial charge on any atom is -0.480 e. The van der Waals surface area contributed by atoms with Crippen LogP contribution in [0.25, 0.3) is 0 Å². The van der Waals surface area contributed by atoms with Gasteiger partial charge in [-0.25, -0.2) is 4.79 Å². The lowest BCUT2D eigenvalue weighted by atomic mass is 9.76. The fraction of sp³-hybridized carbons (Fsp3) is 0.462. The van der Waals surface area contributed by atoms with Gasteiger partial charge in [-0.3, -0.25) is 9.59 Å². The first-order valence-corrected chi connectivity index (χ1v) is 6.34. The first-order chi connectivity index (χ1) is 9.44. The molecule has 0 spiro atoms. The van der Waals surface area contributed by atoms with Crippen LogP contribution in [0.4, 0.5) is 0 Å². The lowest BCUT2D eigenvalue weighted by Crippen LogP contribution is -2.62. The molecule has 2 rings (SSSR count). The maximum atomic E-state index is 11.9. The molecule has 1 aromatic rings. The molecule has 1 aromatic heterocycles. The number of hydrogen-bond donors (Lipinski definition) is 3. The highest BCUT2D eigenvalue weighted by Crippen LogP contribution is 2.32. The molecule has 1 aliphatic rings. The van der Waals surface area contributed by atoms with Crippen LogP contribution in [0.5, 0.6) is 0 Å². The molecular weight excluding hydrogens is 264 g/mol. The van der Waals surface area contributed by atoms with Crippen molar-refractivity contribution in [3.8, 4) is 0 Å². The number of carboxylic acid groups (broad SMARTS) is 1. The van der Waals surface area contributed by atoms with E-state index in [1.807, 2.05) is 0 Å².